The lowest BCUT2D eigenvalue weighted by Crippen LogP contribution is -2.36. The molecule has 2 aromatic rings. The van der Waals surface area contributed by atoms with Gasteiger partial charge in [-0.2, -0.15) is 5.26 Å². The lowest BCUT2D eigenvalue weighted by atomic mass is 10.1. The molecule has 4 nitrogen and oxygen atoms in total. The van der Waals surface area contributed by atoms with E-state index in [2.05, 4.69) is 10.3 Å². The first-order valence-electron chi connectivity index (χ1n) is 7.28. The third-order valence-corrected chi connectivity index (χ3v) is 3.30. The van der Waals surface area contributed by atoms with Crippen molar-refractivity contribution in [2.45, 2.75) is 13.1 Å². The number of nitrogens with one attached hydrogen (secondary N) is 1. The second kappa shape index (κ2) is 9.88. The molecule has 2 aromatic carbocycles. The Kier molecular flexibility index (Phi) is 8.19. The van der Waals surface area contributed by atoms with Crippen molar-refractivity contribution in [1.82, 2.24) is 10.2 Å². The van der Waals surface area contributed by atoms with Gasteiger partial charge in [0.25, 0.3) is 0 Å². The van der Waals surface area contributed by atoms with Gasteiger partial charge in [-0.3, -0.25) is 0 Å². The lowest BCUT2D eigenvalue weighted by Gasteiger charge is -2.18. The van der Waals surface area contributed by atoms with Crippen molar-refractivity contribution in [2.24, 2.45) is 4.99 Å². The number of guanidine groups is 1. The monoisotopic (exact) mass is 438 g/mol. The number of benzene rings is 2. The molecular weight excluding hydrogens is 418 g/mol. The number of aliphatic imine (C=N–C) groups is 1. The topological polar surface area (TPSA) is 51.4 Å². The molecule has 0 amide bonds. The van der Waals surface area contributed by atoms with Crippen LogP contribution in [0.5, 0.6) is 0 Å². The van der Waals surface area contributed by atoms with Crippen LogP contribution in [-0.4, -0.2) is 25.0 Å². The van der Waals surface area contributed by atoms with Gasteiger partial charge < -0.3 is 10.2 Å². The van der Waals surface area contributed by atoms with Crippen LogP contribution in [0.1, 0.15) is 16.7 Å². The largest absolute Gasteiger partial charge is 0.352 e. The summed E-state index contributed by atoms with van der Waals surface area (Å²) in [7, 11) is 3.76. The average molecular weight is 438 g/mol. The van der Waals surface area contributed by atoms with Gasteiger partial charge in [0.15, 0.2) is 5.96 Å². The van der Waals surface area contributed by atoms with E-state index in [1.165, 1.54) is 6.07 Å². The zero-order valence-corrected chi connectivity index (χ0v) is 16.0. The summed E-state index contributed by atoms with van der Waals surface area (Å²) in [6, 6.07) is 16.3. The number of hydrogen-bond acceptors (Lipinski definition) is 2. The van der Waals surface area contributed by atoms with Crippen LogP contribution in [0.2, 0.25) is 0 Å². The molecule has 0 heterocycles. The van der Waals surface area contributed by atoms with E-state index >= 15 is 0 Å². The van der Waals surface area contributed by atoms with Crippen molar-refractivity contribution in [3.05, 3.63) is 71.0 Å². The molecule has 0 fully saturated rings. The molecular formula is C18H20FIN4. The molecule has 6 heteroatoms. The second-order valence-corrected chi connectivity index (χ2v) is 5.29. The molecule has 0 bridgehead atoms. The number of nitrogens with zero attached hydrogens (tertiary/aromatic N) is 3. The zero-order chi connectivity index (χ0) is 16.7. The van der Waals surface area contributed by atoms with Gasteiger partial charge in [-0.05, 0) is 17.7 Å². The predicted molar refractivity (Wildman–Crippen MR) is 105 cm³/mol. The lowest BCUT2D eigenvalue weighted by molar-refractivity contribution is 0.567. The summed E-state index contributed by atoms with van der Waals surface area (Å²) < 4.78 is 13.9. The molecule has 0 radical (unpaired) electrons. The van der Waals surface area contributed by atoms with Crippen molar-refractivity contribution in [3.63, 3.8) is 0 Å². The molecule has 1 N–H and O–H groups in total. The number of halogens is 2. The first kappa shape index (κ1) is 19.9. The van der Waals surface area contributed by atoms with Crippen LogP contribution in [-0.2, 0) is 13.1 Å². The minimum absolute atomic E-state index is 0. The molecule has 126 valence electrons. The third kappa shape index (κ3) is 5.81. The Morgan fingerprint density at radius 1 is 1.21 bits per heavy atom. The molecule has 24 heavy (non-hydrogen) atoms. The Balaban J connectivity index is 0.00000288. The summed E-state index contributed by atoms with van der Waals surface area (Å²) in [5.74, 6) is 0.287. The van der Waals surface area contributed by atoms with E-state index in [9.17, 15) is 4.39 Å². The van der Waals surface area contributed by atoms with Crippen molar-refractivity contribution in [3.8, 4) is 6.07 Å². The van der Waals surface area contributed by atoms with Crippen LogP contribution in [0.4, 0.5) is 4.39 Å². The Labute approximate surface area is 159 Å². The second-order valence-electron chi connectivity index (χ2n) is 5.29. The van der Waals surface area contributed by atoms with Gasteiger partial charge >= 0.3 is 0 Å². The molecule has 0 saturated heterocycles. The van der Waals surface area contributed by atoms with Crippen LogP contribution >= 0.6 is 24.0 Å². The van der Waals surface area contributed by atoms with Crippen molar-refractivity contribution in [2.75, 3.05) is 14.1 Å². The van der Waals surface area contributed by atoms with Gasteiger partial charge in [-0.25, -0.2) is 9.38 Å². The Hall–Kier alpha value is -2.14. The molecule has 0 aromatic heterocycles. The SMILES string of the molecule is CN(C)C(=NCc1ccccc1)NCc1ccc(C#N)cc1F.I. The number of rotatable bonds is 4. The van der Waals surface area contributed by atoms with Gasteiger partial charge in [0.2, 0.25) is 0 Å². The summed E-state index contributed by atoms with van der Waals surface area (Å²) >= 11 is 0. The third-order valence-electron chi connectivity index (χ3n) is 3.30. The highest BCUT2D eigenvalue weighted by Crippen LogP contribution is 2.10. The summed E-state index contributed by atoms with van der Waals surface area (Å²) in [6.45, 7) is 0.862. The summed E-state index contributed by atoms with van der Waals surface area (Å²) in [6.07, 6.45) is 0. The summed E-state index contributed by atoms with van der Waals surface area (Å²) in [4.78, 5) is 6.38. The van der Waals surface area contributed by atoms with Gasteiger partial charge in [0.1, 0.15) is 5.82 Å². The normalized spacial score (nSPS) is 10.5. The standard InChI is InChI=1S/C18H19FN4.HI/c1-23(2)18(21-12-14-6-4-3-5-7-14)22-13-16-9-8-15(11-20)10-17(16)19;/h3-10H,12-13H2,1-2H3,(H,21,22);1H. The van der Waals surface area contributed by atoms with Gasteiger partial charge in [-0.1, -0.05) is 36.4 Å². The van der Waals surface area contributed by atoms with Gasteiger partial charge in [0, 0.05) is 26.2 Å². The Morgan fingerprint density at radius 2 is 1.92 bits per heavy atom. The molecule has 0 unspecified atom stereocenters. The Bertz CT molecular complexity index is 724. The predicted octanol–water partition coefficient (Wildman–Crippen LogP) is 3.52. The highest BCUT2D eigenvalue weighted by Gasteiger charge is 2.06. The van der Waals surface area contributed by atoms with E-state index in [0.717, 1.165) is 5.56 Å². The first-order chi connectivity index (χ1) is 11.1. The maximum Gasteiger partial charge on any atom is 0.194 e. The fraction of sp³-hybridized carbons (Fsp3) is 0.222. The van der Waals surface area contributed by atoms with Crippen LogP contribution in [0, 0.1) is 17.1 Å². The van der Waals surface area contributed by atoms with Crippen LogP contribution in [0.15, 0.2) is 53.5 Å². The molecule has 0 aliphatic heterocycles. The highest BCUT2D eigenvalue weighted by molar-refractivity contribution is 14.0. The van der Waals surface area contributed by atoms with Gasteiger partial charge in [-0.15, -0.1) is 24.0 Å². The first-order valence-corrected chi connectivity index (χ1v) is 7.28. The molecule has 0 saturated carbocycles. The molecule has 0 atom stereocenters. The van der Waals surface area contributed by atoms with Crippen molar-refractivity contribution >= 4 is 29.9 Å². The smallest absolute Gasteiger partial charge is 0.194 e. The zero-order valence-electron chi connectivity index (χ0n) is 13.7. The van der Waals surface area contributed by atoms with Gasteiger partial charge in [0.05, 0.1) is 18.2 Å². The molecule has 2 rings (SSSR count). The van der Waals surface area contributed by atoms with E-state index in [0.29, 0.717) is 30.2 Å². The summed E-state index contributed by atoms with van der Waals surface area (Å²) in [5.41, 5.74) is 1.92. The van der Waals surface area contributed by atoms with E-state index in [1.807, 2.05) is 55.4 Å². The van der Waals surface area contributed by atoms with Crippen LogP contribution in [0.3, 0.4) is 0 Å². The van der Waals surface area contributed by atoms with Crippen molar-refractivity contribution in [1.29, 1.82) is 5.26 Å². The minimum Gasteiger partial charge on any atom is -0.352 e. The average Bonchev–Trinajstić information content (AvgIpc) is 2.56. The fourth-order valence-corrected chi connectivity index (χ4v) is 2.04. The maximum absolute atomic E-state index is 13.9. The molecule has 0 spiro atoms. The van der Waals surface area contributed by atoms with Crippen LogP contribution in [0.25, 0.3) is 0 Å². The maximum atomic E-state index is 13.9. The summed E-state index contributed by atoms with van der Waals surface area (Å²) in [5, 5.41) is 11.9. The fourth-order valence-electron chi connectivity index (χ4n) is 2.04. The Morgan fingerprint density at radius 3 is 2.50 bits per heavy atom. The molecule has 0 aliphatic rings. The van der Waals surface area contributed by atoms with Crippen LogP contribution < -0.4 is 5.32 Å². The highest BCUT2D eigenvalue weighted by atomic mass is 127. The quantitative estimate of drug-likeness (QED) is 0.452. The molecule has 0 aliphatic carbocycles. The number of nitriles is 1. The van der Waals surface area contributed by atoms with E-state index in [-0.39, 0.29) is 24.0 Å². The van der Waals surface area contributed by atoms with Crippen molar-refractivity contribution < 1.29 is 4.39 Å². The number of hydrogen-bond donors (Lipinski definition) is 1. The van der Waals surface area contributed by atoms with E-state index in [4.69, 9.17) is 5.26 Å². The van der Waals surface area contributed by atoms with E-state index in [1.54, 1.807) is 12.1 Å². The van der Waals surface area contributed by atoms with E-state index < -0.39 is 5.82 Å². The minimum atomic E-state index is -0.391.